The van der Waals surface area contributed by atoms with Gasteiger partial charge in [0.15, 0.2) is 0 Å². The van der Waals surface area contributed by atoms with E-state index in [1.165, 1.54) is 7.11 Å². The van der Waals surface area contributed by atoms with Gasteiger partial charge in [0.25, 0.3) is 0 Å². The van der Waals surface area contributed by atoms with Crippen LogP contribution in [0.15, 0.2) is 12.7 Å². The lowest BCUT2D eigenvalue weighted by atomic mass is 10.4. The highest BCUT2D eigenvalue weighted by Gasteiger charge is 1.92. The summed E-state index contributed by atoms with van der Waals surface area (Å²) in [6.07, 6.45) is 1.47. The number of hydrogen-bond donors (Lipinski definition) is 0. The SMILES string of the molecule is C=CC(C)OOOC. The Hall–Kier alpha value is -0.380. The second kappa shape index (κ2) is 4.77. The molecular weight excluding hydrogens is 108 g/mol. The van der Waals surface area contributed by atoms with Crippen LogP contribution >= 0.6 is 0 Å². The van der Waals surface area contributed by atoms with Gasteiger partial charge in [-0.25, -0.2) is 4.89 Å². The van der Waals surface area contributed by atoms with Gasteiger partial charge in [0.2, 0.25) is 0 Å². The maximum Gasteiger partial charge on any atom is 0.111 e. The van der Waals surface area contributed by atoms with Crippen molar-refractivity contribution in [3.63, 3.8) is 0 Å². The molecular formula is C5H10O3. The van der Waals surface area contributed by atoms with Gasteiger partial charge in [-0.05, 0) is 6.92 Å². The van der Waals surface area contributed by atoms with Gasteiger partial charge in [0.1, 0.15) is 6.10 Å². The lowest BCUT2D eigenvalue weighted by molar-refractivity contribution is -0.510. The fraction of sp³-hybridized carbons (Fsp3) is 0.600. The molecule has 48 valence electrons. The van der Waals surface area contributed by atoms with Crippen molar-refractivity contribution in [1.29, 1.82) is 0 Å². The molecule has 0 radical (unpaired) electrons. The van der Waals surface area contributed by atoms with Crippen LogP contribution in [0.4, 0.5) is 0 Å². The highest BCUT2D eigenvalue weighted by molar-refractivity contribution is 4.73. The van der Waals surface area contributed by atoms with Gasteiger partial charge in [0, 0.05) is 0 Å². The van der Waals surface area contributed by atoms with Crippen LogP contribution in [0.1, 0.15) is 6.92 Å². The number of rotatable bonds is 4. The van der Waals surface area contributed by atoms with Crippen LogP contribution in [0, 0.1) is 0 Å². The summed E-state index contributed by atoms with van der Waals surface area (Å²) < 4.78 is 0. The molecule has 0 bridgehead atoms. The number of hydrogen-bond acceptors (Lipinski definition) is 3. The van der Waals surface area contributed by atoms with E-state index in [1.54, 1.807) is 13.0 Å². The van der Waals surface area contributed by atoms with E-state index in [0.717, 1.165) is 0 Å². The summed E-state index contributed by atoms with van der Waals surface area (Å²) in [5.74, 6) is 0. The molecule has 1 atom stereocenters. The van der Waals surface area contributed by atoms with E-state index < -0.39 is 0 Å². The Bertz CT molecular complexity index is 62.7. The van der Waals surface area contributed by atoms with E-state index in [1.807, 2.05) is 0 Å². The lowest BCUT2D eigenvalue weighted by Crippen LogP contribution is -2.03. The predicted molar refractivity (Wildman–Crippen MR) is 28.8 cm³/mol. The molecule has 8 heavy (non-hydrogen) atoms. The normalized spacial score (nSPS) is 13.2. The predicted octanol–water partition coefficient (Wildman–Crippen LogP) is 1.07. The molecule has 0 aliphatic rings. The summed E-state index contributed by atoms with van der Waals surface area (Å²) in [6, 6.07) is 0. The second-order valence-electron chi connectivity index (χ2n) is 1.27. The van der Waals surface area contributed by atoms with Crippen LogP contribution < -0.4 is 0 Å². The molecule has 0 amide bonds. The molecule has 0 saturated heterocycles. The van der Waals surface area contributed by atoms with Crippen LogP contribution in [0.25, 0.3) is 0 Å². The largest absolute Gasteiger partial charge is 0.210 e. The Labute approximate surface area is 48.7 Å². The molecule has 0 spiro atoms. The van der Waals surface area contributed by atoms with E-state index >= 15 is 0 Å². The maximum absolute atomic E-state index is 4.50. The Morgan fingerprint density at radius 1 is 1.62 bits per heavy atom. The Balaban J connectivity index is 2.98. The van der Waals surface area contributed by atoms with Gasteiger partial charge < -0.3 is 0 Å². The standard InChI is InChI=1S/C5H10O3/c1-4-5(2)7-8-6-3/h4-5H,1H2,2-3H3. The fourth-order valence-corrected chi connectivity index (χ4v) is 0.141. The third-order valence-corrected chi connectivity index (χ3v) is 0.591. The van der Waals surface area contributed by atoms with Gasteiger partial charge in [0.05, 0.1) is 7.11 Å². The van der Waals surface area contributed by atoms with Crippen LogP contribution in [-0.2, 0) is 14.8 Å². The molecule has 3 nitrogen and oxygen atoms in total. The average molecular weight is 118 g/mol. The Morgan fingerprint density at radius 2 is 2.25 bits per heavy atom. The lowest BCUT2D eigenvalue weighted by Gasteiger charge is -2.01. The molecule has 3 heteroatoms. The van der Waals surface area contributed by atoms with Crippen molar-refractivity contribution in [2.45, 2.75) is 13.0 Å². The van der Waals surface area contributed by atoms with Gasteiger partial charge >= 0.3 is 0 Å². The minimum Gasteiger partial charge on any atom is -0.210 e. The topological polar surface area (TPSA) is 27.7 Å². The summed E-state index contributed by atoms with van der Waals surface area (Å²) in [7, 11) is 1.37. The fourth-order valence-electron chi connectivity index (χ4n) is 0.141. The zero-order valence-electron chi connectivity index (χ0n) is 5.09. The second-order valence-corrected chi connectivity index (χ2v) is 1.27. The molecule has 0 aliphatic heterocycles. The summed E-state index contributed by atoms with van der Waals surface area (Å²) in [5, 5.41) is 4.11. The third-order valence-electron chi connectivity index (χ3n) is 0.591. The zero-order valence-corrected chi connectivity index (χ0v) is 5.09. The van der Waals surface area contributed by atoms with Crippen molar-refractivity contribution in [3.05, 3.63) is 12.7 Å². The van der Waals surface area contributed by atoms with Crippen LogP contribution in [0.5, 0.6) is 0 Å². The van der Waals surface area contributed by atoms with Gasteiger partial charge in [-0.3, -0.25) is 0 Å². The first-order valence-corrected chi connectivity index (χ1v) is 2.30. The van der Waals surface area contributed by atoms with Crippen LogP contribution in [0.2, 0.25) is 0 Å². The quantitative estimate of drug-likeness (QED) is 0.314. The summed E-state index contributed by atoms with van der Waals surface area (Å²) >= 11 is 0. The van der Waals surface area contributed by atoms with E-state index in [4.69, 9.17) is 0 Å². The highest BCUT2D eigenvalue weighted by atomic mass is 17.5. The summed E-state index contributed by atoms with van der Waals surface area (Å²) in [4.78, 5) is 8.64. The van der Waals surface area contributed by atoms with Gasteiger partial charge in [-0.1, -0.05) is 11.1 Å². The van der Waals surface area contributed by atoms with E-state index in [-0.39, 0.29) is 6.10 Å². The van der Waals surface area contributed by atoms with E-state index in [2.05, 4.69) is 21.4 Å². The van der Waals surface area contributed by atoms with Crippen molar-refractivity contribution in [2.24, 2.45) is 0 Å². The minimum atomic E-state index is -0.130. The maximum atomic E-state index is 4.50. The summed E-state index contributed by atoms with van der Waals surface area (Å²) in [5.41, 5.74) is 0. The first-order valence-electron chi connectivity index (χ1n) is 2.30. The minimum absolute atomic E-state index is 0.130. The van der Waals surface area contributed by atoms with Crippen molar-refractivity contribution < 1.29 is 14.8 Å². The molecule has 1 unspecified atom stereocenters. The highest BCUT2D eigenvalue weighted by Crippen LogP contribution is 1.90. The molecule has 0 N–H and O–H groups in total. The first-order chi connectivity index (χ1) is 3.81. The van der Waals surface area contributed by atoms with Crippen LogP contribution in [-0.4, -0.2) is 13.2 Å². The van der Waals surface area contributed by atoms with Crippen molar-refractivity contribution in [1.82, 2.24) is 0 Å². The van der Waals surface area contributed by atoms with E-state index in [9.17, 15) is 0 Å². The third kappa shape index (κ3) is 3.80. The Morgan fingerprint density at radius 3 is 2.62 bits per heavy atom. The molecule has 0 aliphatic carbocycles. The Kier molecular flexibility index (Phi) is 4.54. The molecule has 0 saturated carbocycles. The van der Waals surface area contributed by atoms with Crippen LogP contribution in [0.3, 0.4) is 0 Å². The zero-order chi connectivity index (χ0) is 6.41. The molecule has 0 rings (SSSR count). The monoisotopic (exact) mass is 118 g/mol. The molecule has 0 heterocycles. The summed E-state index contributed by atoms with van der Waals surface area (Å²) in [6.45, 7) is 5.24. The van der Waals surface area contributed by atoms with Crippen molar-refractivity contribution in [2.75, 3.05) is 7.11 Å². The average Bonchev–Trinajstić information content (AvgIpc) is 1.83. The first kappa shape index (κ1) is 7.62. The molecule has 0 aromatic rings. The molecule has 0 fully saturated rings. The molecule has 0 aromatic carbocycles. The van der Waals surface area contributed by atoms with Gasteiger partial charge in [-0.2, -0.15) is 4.89 Å². The van der Waals surface area contributed by atoms with Crippen molar-refractivity contribution in [3.8, 4) is 0 Å². The van der Waals surface area contributed by atoms with Gasteiger partial charge in [-0.15, -0.1) is 6.58 Å². The molecule has 0 aromatic heterocycles. The van der Waals surface area contributed by atoms with Crippen molar-refractivity contribution >= 4 is 0 Å². The smallest absolute Gasteiger partial charge is 0.111 e. The van der Waals surface area contributed by atoms with E-state index in [0.29, 0.717) is 0 Å².